The molecule has 0 saturated carbocycles. The maximum Gasteiger partial charge on any atom is 0.328 e. The van der Waals surface area contributed by atoms with Crippen LogP contribution >= 0.6 is 0 Å². The number of aromatic hydroxyl groups is 1. The van der Waals surface area contributed by atoms with Crippen molar-refractivity contribution in [2.45, 2.75) is 49.9 Å². The largest absolute Gasteiger partial charge is 0.508 e. The molecule has 4 unspecified atom stereocenters. The van der Waals surface area contributed by atoms with E-state index in [1.165, 1.54) is 12.1 Å². The standard InChI is InChI=1S/C22H33N7O9/c23-13(8-11-3-5-12(31)6-4-11)18(34)27-14(2-1-7-26-22(24)25)19(35)28-15(9-17(32)33)20(36)29-16(10-30)21(37)38/h3-6,13-16,30-31H,1-2,7-10,23H2,(H,27,34)(H,28,35)(H,29,36)(H,32,33)(H,37,38)(H4,24,25,26). The molecule has 0 spiro atoms. The monoisotopic (exact) mass is 539 g/mol. The van der Waals surface area contributed by atoms with Crippen molar-refractivity contribution in [1.82, 2.24) is 16.0 Å². The number of aliphatic hydroxyl groups excluding tert-OH is 1. The summed E-state index contributed by atoms with van der Waals surface area (Å²) < 4.78 is 0. The minimum Gasteiger partial charge on any atom is -0.508 e. The van der Waals surface area contributed by atoms with Crippen LogP contribution in [0.3, 0.4) is 0 Å². The van der Waals surface area contributed by atoms with Crippen LogP contribution in [0.25, 0.3) is 0 Å². The van der Waals surface area contributed by atoms with Crippen LogP contribution in [0.2, 0.25) is 0 Å². The lowest BCUT2D eigenvalue weighted by Crippen LogP contribution is -2.58. The van der Waals surface area contributed by atoms with E-state index >= 15 is 0 Å². The highest BCUT2D eigenvalue weighted by Gasteiger charge is 2.31. The van der Waals surface area contributed by atoms with E-state index in [2.05, 4.69) is 15.6 Å². The number of phenolic OH excluding ortho intramolecular Hbond substituents is 1. The van der Waals surface area contributed by atoms with E-state index in [4.69, 9.17) is 32.5 Å². The van der Waals surface area contributed by atoms with E-state index in [1.54, 1.807) is 12.1 Å². The zero-order valence-corrected chi connectivity index (χ0v) is 20.4. The van der Waals surface area contributed by atoms with E-state index in [1.807, 2.05) is 5.32 Å². The van der Waals surface area contributed by atoms with Gasteiger partial charge in [-0.1, -0.05) is 12.1 Å². The quantitative estimate of drug-likeness (QED) is 0.0552. The van der Waals surface area contributed by atoms with Gasteiger partial charge < -0.3 is 53.6 Å². The highest BCUT2D eigenvalue weighted by Crippen LogP contribution is 2.11. The third-order valence-corrected chi connectivity index (χ3v) is 5.12. The van der Waals surface area contributed by atoms with E-state index < -0.39 is 66.9 Å². The molecule has 13 N–H and O–H groups in total. The number of carboxylic acids is 2. The molecule has 0 bridgehead atoms. The summed E-state index contributed by atoms with van der Waals surface area (Å²) >= 11 is 0. The number of phenols is 1. The molecule has 38 heavy (non-hydrogen) atoms. The molecule has 0 fully saturated rings. The highest BCUT2D eigenvalue weighted by atomic mass is 16.4. The first kappa shape index (κ1) is 31.6. The molecule has 1 aromatic rings. The first-order valence-corrected chi connectivity index (χ1v) is 11.4. The first-order valence-electron chi connectivity index (χ1n) is 11.4. The van der Waals surface area contributed by atoms with Crippen molar-refractivity contribution < 1.29 is 44.4 Å². The molecule has 3 amide bonds. The Morgan fingerprint density at radius 1 is 0.868 bits per heavy atom. The summed E-state index contributed by atoms with van der Waals surface area (Å²) in [5, 5.41) is 43.2. The fourth-order valence-corrected chi connectivity index (χ4v) is 3.14. The minimum absolute atomic E-state index is 0.0258. The van der Waals surface area contributed by atoms with Gasteiger partial charge in [-0.05, 0) is 37.0 Å². The molecule has 1 rings (SSSR count). The number of hydrogen-bond donors (Lipinski definition) is 10. The van der Waals surface area contributed by atoms with Gasteiger partial charge in [0, 0.05) is 6.54 Å². The van der Waals surface area contributed by atoms with Gasteiger partial charge in [-0.15, -0.1) is 0 Å². The van der Waals surface area contributed by atoms with Crippen molar-refractivity contribution in [3.8, 4) is 5.75 Å². The minimum atomic E-state index is -1.73. The number of aliphatic imine (C=N–C) groups is 1. The lowest BCUT2D eigenvalue weighted by atomic mass is 10.0. The van der Waals surface area contributed by atoms with E-state index in [9.17, 15) is 29.1 Å². The highest BCUT2D eigenvalue weighted by molar-refractivity contribution is 5.95. The molecule has 0 radical (unpaired) electrons. The van der Waals surface area contributed by atoms with Crippen LogP contribution in [0.5, 0.6) is 5.75 Å². The lowest BCUT2D eigenvalue weighted by Gasteiger charge is -2.24. The predicted octanol–water partition coefficient (Wildman–Crippen LogP) is -3.68. The van der Waals surface area contributed by atoms with Gasteiger partial charge in [-0.2, -0.15) is 0 Å². The van der Waals surface area contributed by atoms with Gasteiger partial charge in [0.1, 0.15) is 23.9 Å². The Kier molecular flexibility index (Phi) is 13.0. The maximum atomic E-state index is 13.0. The molecule has 1 aromatic carbocycles. The van der Waals surface area contributed by atoms with Crippen molar-refractivity contribution in [3.05, 3.63) is 29.8 Å². The van der Waals surface area contributed by atoms with Gasteiger partial charge in [0.15, 0.2) is 5.96 Å². The van der Waals surface area contributed by atoms with Crippen LogP contribution in [-0.4, -0.2) is 93.4 Å². The predicted molar refractivity (Wildman–Crippen MR) is 132 cm³/mol. The van der Waals surface area contributed by atoms with Crippen LogP contribution in [0.15, 0.2) is 29.3 Å². The van der Waals surface area contributed by atoms with E-state index in [0.29, 0.717) is 5.56 Å². The molecule has 0 aliphatic heterocycles. The number of nitrogens with zero attached hydrogens (tertiary/aromatic N) is 1. The van der Waals surface area contributed by atoms with Crippen molar-refractivity contribution in [3.63, 3.8) is 0 Å². The number of aliphatic carboxylic acids is 2. The summed E-state index contributed by atoms with van der Waals surface area (Å²) in [6.45, 7) is -0.880. The Morgan fingerprint density at radius 2 is 1.42 bits per heavy atom. The van der Waals surface area contributed by atoms with Crippen molar-refractivity contribution >= 4 is 35.6 Å². The number of aliphatic hydroxyl groups is 1. The van der Waals surface area contributed by atoms with Crippen LogP contribution in [-0.2, 0) is 30.4 Å². The van der Waals surface area contributed by atoms with Gasteiger partial charge in [-0.25, -0.2) is 4.79 Å². The maximum absolute atomic E-state index is 13.0. The van der Waals surface area contributed by atoms with Gasteiger partial charge in [0.2, 0.25) is 17.7 Å². The zero-order valence-electron chi connectivity index (χ0n) is 20.4. The Balaban J connectivity index is 3.01. The topological polar surface area (TPSA) is 293 Å². The molecule has 0 aromatic heterocycles. The average Bonchev–Trinajstić information content (AvgIpc) is 2.84. The second kappa shape index (κ2) is 15.6. The Morgan fingerprint density at radius 3 is 1.95 bits per heavy atom. The Hall–Kier alpha value is -4.44. The van der Waals surface area contributed by atoms with Crippen LogP contribution < -0.4 is 33.2 Å². The number of carboxylic acid groups (broad SMARTS) is 2. The normalized spacial score (nSPS) is 13.7. The molecular weight excluding hydrogens is 506 g/mol. The Bertz CT molecular complexity index is 1010. The number of carbonyl (C=O) groups is 5. The third-order valence-electron chi connectivity index (χ3n) is 5.12. The van der Waals surface area contributed by atoms with E-state index in [0.717, 1.165) is 0 Å². The fraction of sp³-hybridized carbons (Fsp3) is 0.455. The molecule has 16 nitrogen and oxygen atoms in total. The molecule has 0 heterocycles. The van der Waals surface area contributed by atoms with Crippen LogP contribution in [0, 0.1) is 0 Å². The number of carbonyl (C=O) groups excluding carboxylic acids is 3. The Labute approximate surface area is 217 Å². The van der Waals surface area contributed by atoms with Crippen LogP contribution in [0.4, 0.5) is 0 Å². The third kappa shape index (κ3) is 11.5. The lowest BCUT2D eigenvalue weighted by molar-refractivity contribution is -0.144. The van der Waals surface area contributed by atoms with Crippen molar-refractivity contribution in [2.75, 3.05) is 13.2 Å². The number of amides is 3. The summed E-state index contributed by atoms with van der Waals surface area (Å²) in [4.78, 5) is 64.3. The molecule has 4 atom stereocenters. The number of guanidine groups is 1. The van der Waals surface area contributed by atoms with Gasteiger partial charge in [0.25, 0.3) is 0 Å². The summed E-state index contributed by atoms with van der Waals surface area (Å²) in [6, 6.07) is 0.103. The zero-order chi connectivity index (χ0) is 28.8. The van der Waals surface area contributed by atoms with Crippen molar-refractivity contribution in [2.24, 2.45) is 22.2 Å². The summed E-state index contributed by atoms with van der Waals surface area (Å²) in [7, 11) is 0. The fourth-order valence-electron chi connectivity index (χ4n) is 3.14. The number of hydrogen-bond acceptors (Lipinski definition) is 9. The van der Waals surface area contributed by atoms with Crippen LogP contribution in [0.1, 0.15) is 24.8 Å². The SMILES string of the molecule is NC(N)=NCCCC(NC(=O)C(N)Cc1ccc(O)cc1)C(=O)NC(CC(=O)O)C(=O)NC(CO)C(=O)O. The molecule has 0 aliphatic rings. The first-order chi connectivity index (χ1) is 17.8. The van der Waals surface area contributed by atoms with Gasteiger partial charge in [-0.3, -0.25) is 24.2 Å². The summed E-state index contributed by atoms with van der Waals surface area (Å²) in [5.41, 5.74) is 17.1. The molecule has 0 aliphatic carbocycles. The smallest absolute Gasteiger partial charge is 0.328 e. The second-order valence-corrected chi connectivity index (χ2v) is 8.23. The summed E-state index contributed by atoms with van der Waals surface area (Å²) in [5.74, 6) is -6.07. The molecule has 0 saturated heterocycles. The van der Waals surface area contributed by atoms with E-state index in [-0.39, 0.29) is 37.5 Å². The van der Waals surface area contributed by atoms with Gasteiger partial charge in [0.05, 0.1) is 19.1 Å². The second-order valence-electron chi connectivity index (χ2n) is 8.23. The molecular formula is C22H33N7O9. The molecule has 210 valence electrons. The van der Waals surface area contributed by atoms with Gasteiger partial charge >= 0.3 is 11.9 Å². The number of nitrogens with one attached hydrogen (secondary N) is 3. The number of rotatable bonds is 16. The number of nitrogens with two attached hydrogens (primary N) is 3. The number of benzene rings is 1. The molecule has 16 heteroatoms. The summed E-state index contributed by atoms with van der Waals surface area (Å²) in [6.07, 6.45) is -0.679. The average molecular weight is 540 g/mol. The van der Waals surface area contributed by atoms with Crippen molar-refractivity contribution in [1.29, 1.82) is 0 Å².